The van der Waals surface area contributed by atoms with Gasteiger partial charge in [-0.15, -0.1) is 0 Å². The number of ether oxygens (including phenoxy) is 1. The van der Waals surface area contributed by atoms with Crippen LogP contribution in [0.15, 0.2) is 16.8 Å². The quantitative estimate of drug-likeness (QED) is 0.877. The van der Waals surface area contributed by atoms with Gasteiger partial charge >= 0.3 is 0 Å². The minimum Gasteiger partial charge on any atom is -0.455 e. The van der Waals surface area contributed by atoms with Gasteiger partial charge < -0.3 is 14.5 Å². The summed E-state index contributed by atoms with van der Waals surface area (Å²) >= 11 is 0. The molecule has 26 heavy (non-hydrogen) atoms. The number of H-pyrrole nitrogens is 1. The Balaban J connectivity index is 1.46. The lowest BCUT2D eigenvalue weighted by atomic mass is 9.90. The summed E-state index contributed by atoms with van der Waals surface area (Å²) in [7, 11) is 0. The summed E-state index contributed by atoms with van der Waals surface area (Å²) < 4.78 is 11.6. The number of hydrogen-bond donors (Lipinski definition) is 2. The third-order valence-electron chi connectivity index (χ3n) is 5.33. The highest BCUT2D eigenvalue weighted by molar-refractivity contribution is 6.03. The predicted molar refractivity (Wildman–Crippen MR) is 93.1 cm³/mol. The molecule has 0 bridgehead atoms. The number of nitrogens with one attached hydrogen (secondary N) is 2. The Kier molecular flexibility index (Phi) is 4.63. The topological polar surface area (TPSA) is 97.2 Å². The van der Waals surface area contributed by atoms with E-state index < -0.39 is 0 Å². The molecule has 2 aromatic heterocycles. The van der Waals surface area contributed by atoms with Gasteiger partial charge in [-0.3, -0.25) is 14.7 Å². The lowest BCUT2D eigenvalue weighted by Gasteiger charge is -2.31. The summed E-state index contributed by atoms with van der Waals surface area (Å²) in [6.07, 6.45) is 7.50. The molecule has 1 fully saturated rings. The molecule has 1 saturated heterocycles. The van der Waals surface area contributed by atoms with Crippen molar-refractivity contribution in [3.05, 3.63) is 40.6 Å². The fourth-order valence-electron chi connectivity index (χ4n) is 4.01. The minimum absolute atomic E-state index is 0.0738. The molecule has 2 N–H and O–H groups in total. The Morgan fingerprint density at radius 2 is 2.27 bits per heavy atom. The number of fused-ring (bicyclic) bond motifs is 1. The highest BCUT2D eigenvalue weighted by Gasteiger charge is 2.31. The van der Waals surface area contributed by atoms with E-state index in [-0.39, 0.29) is 29.5 Å². The smallest absolute Gasteiger partial charge is 0.287 e. The van der Waals surface area contributed by atoms with Crippen molar-refractivity contribution in [1.82, 2.24) is 15.5 Å². The second-order valence-electron chi connectivity index (χ2n) is 7.07. The fraction of sp³-hybridized carbons (Fsp3) is 0.526. The SMILES string of the molecule is Cc1c(C(=O)NC[C@@H]2CCCO[C@H]2c2cn[nH]c2)oc2c1C(=O)CCC2. The molecule has 4 rings (SSSR count). The Morgan fingerprint density at radius 3 is 3.04 bits per heavy atom. The zero-order valence-electron chi connectivity index (χ0n) is 14.8. The predicted octanol–water partition coefficient (Wildman–Crippen LogP) is 2.73. The molecule has 0 aromatic carbocycles. The van der Waals surface area contributed by atoms with Gasteiger partial charge in [-0.1, -0.05) is 0 Å². The van der Waals surface area contributed by atoms with Crippen molar-refractivity contribution < 1.29 is 18.7 Å². The summed E-state index contributed by atoms with van der Waals surface area (Å²) in [5, 5.41) is 9.78. The van der Waals surface area contributed by atoms with Gasteiger partial charge in [0, 0.05) is 49.2 Å². The molecule has 3 heterocycles. The van der Waals surface area contributed by atoms with Crippen LogP contribution >= 0.6 is 0 Å². The zero-order valence-corrected chi connectivity index (χ0v) is 14.8. The van der Waals surface area contributed by atoms with E-state index in [0.717, 1.165) is 24.8 Å². The van der Waals surface area contributed by atoms with Gasteiger partial charge in [0.05, 0.1) is 17.9 Å². The zero-order chi connectivity index (χ0) is 18.1. The molecule has 2 aromatic rings. The molecule has 7 heteroatoms. The number of carbonyl (C=O) groups is 2. The molecule has 1 aliphatic heterocycles. The number of hydrogen-bond acceptors (Lipinski definition) is 5. The highest BCUT2D eigenvalue weighted by Crippen LogP contribution is 2.33. The van der Waals surface area contributed by atoms with Gasteiger partial charge in [-0.2, -0.15) is 5.10 Å². The molecular formula is C19H23N3O4. The second kappa shape index (κ2) is 7.07. The number of aromatic amines is 1. The van der Waals surface area contributed by atoms with E-state index in [2.05, 4.69) is 15.5 Å². The number of nitrogens with zero attached hydrogens (tertiary/aromatic N) is 1. The van der Waals surface area contributed by atoms with E-state index in [1.165, 1.54) is 0 Å². The van der Waals surface area contributed by atoms with Crippen LogP contribution in [0.5, 0.6) is 0 Å². The number of amides is 1. The van der Waals surface area contributed by atoms with Crippen molar-refractivity contribution in [2.75, 3.05) is 13.2 Å². The van der Waals surface area contributed by atoms with Gasteiger partial charge in [0.1, 0.15) is 5.76 Å². The number of rotatable bonds is 4. The van der Waals surface area contributed by atoms with Crippen molar-refractivity contribution in [3.63, 3.8) is 0 Å². The number of aromatic nitrogens is 2. The van der Waals surface area contributed by atoms with Crippen molar-refractivity contribution in [2.24, 2.45) is 5.92 Å². The Hall–Kier alpha value is -2.41. The number of furan rings is 1. The summed E-state index contributed by atoms with van der Waals surface area (Å²) in [5.74, 6) is 0.910. The summed E-state index contributed by atoms with van der Waals surface area (Å²) in [4.78, 5) is 24.8. The highest BCUT2D eigenvalue weighted by atomic mass is 16.5. The van der Waals surface area contributed by atoms with E-state index in [1.54, 1.807) is 13.1 Å². The Labute approximate surface area is 151 Å². The van der Waals surface area contributed by atoms with Crippen molar-refractivity contribution in [1.29, 1.82) is 0 Å². The van der Waals surface area contributed by atoms with Gasteiger partial charge in [-0.25, -0.2) is 0 Å². The largest absolute Gasteiger partial charge is 0.455 e. The maximum atomic E-state index is 12.7. The first-order valence-corrected chi connectivity index (χ1v) is 9.19. The summed E-state index contributed by atoms with van der Waals surface area (Å²) in [5.41, 5.74) is 2.27. The van der Waals surface area contributed by atoms with Crippen LogP contribution in [0.3, 0.4) is 0 Å². The van der Waals surface area contributed by atoms with Crippen molar-refractivity contribution >= 4 is 11.7 Å². The van der Waals surface area contributed by atoms with Gasteiger partial charge in [0.25, 0.3) is 5.91 Å². The van der Waals surface area contributed by atoms with Crippen LogP contribution in [0.1, 0.15) is 69.6 Å². The molecular weight excluding hydrogens is 334 g/mol. The molecule has 1 aliphatic carbocycles. The fourth-order valence-corrected chi connectivity index (χ4v) is 4.01. The second-order valence-corrected chi connectivity index (χ2v) is 7.07. The van der Waals surface area contributed by atoms with E-state index in [1.807, 2.05) is 6.20 Å². The van der Waals surface area contributed by atoms with Gasteiger partial charge in [-0.05, 0) is 26.2 Å². The van der Waals surface area contributed by atoms with E-state index in [4.69, 9.17) is 9.15 Å². The standard InChI is InChI=1S/C19H23N3O4/c1-11-16-14(23)5-2-6-15(16)26-17(11)19(24)20-8-12-4-3-7-25-18(12)13-9-21-22-10-13/h9-10,12,18H,2-8H2,1H3,(H,20,24)(H,21,22)/t12-,18+/m0/s1. The maximum Gasteiger partial charge on any atom is 0.287 e. The van der Waals surface area contributed by atoms with Crippen molar-refractivity contribution in [2.45, 2.75) is 45.1 Å². The van der Waals surface area contributed by atoms with Crippen LogP contribution < -0.4 is 5.32 Å². The average Bonchev–Trinajstić information content (AvgIpc) is 3.29. The number of carbonyl (C=O) groups excluding carboxylic acids is 2. The van der Waals surface area contributed by atoms with Crippen LogP contribution in [0.2, 0.25) is 0 Å². The molecule has 0 spiro atoms. The minimum atomic E-state index is -0.263. The van der Waals surface area contributed by atoms with Crippen LogP contribution in [0.4, 0.5) is 0 Å². The van der Waals surface area contributed by atoms with Crippen molar-refractivity contribution in [3.8, 4) is 0 Å². The van der Waals surface area contributed by atoms with Crippen LogP contribution in [-0.2, 0) is 11.2 Å². The molecule has 0 saturated carbocycles. The molecule has 0 radical (unpaired) electrons. The first kappa shape index (κ1) is 17.0. The van der Waals surface area contributed by atoms with Crippen LogP contribution in [0.25, 0.3) is 0 Å². The third-order valence-corrected chi connectivity index (χ3v) is 5.33. The maximum absolute atomic E-state index is 12.7. The molecule has 2 aliphatic rings. The molecule has 1 amide bonds. The number of aryl methyl sites for hydroxylation is 1. The summed E-state index contributed by atoms with van der Waals surface area (Å²) in [6.45, 7) is 3.00. The first-order valence-electron chi connectivity index (χ1n) is 9.19. The molecule has 0 unspecified atom stereocenters. The number of ketones is 1. The lowest BCUT2D eigenvalue weighted by Crippen LogP contribution is -2.35. The van der Waals surface area contributed by atoms with E-state index in [0.29, 0.717) is 42.9 Å². The van der Waals surface area contributed by atoms with Gasteiger partial charge in [0.15, 0.2) is 11.5 Å². The normalized spacial score (nSPS) is 22.9. The lowest BCUT2D eigenvalue weighted by molar-refractivity contribution is -0.0273. The van der Waals surface area contributed by atoms with Crippen LogP contribution in [-0.4, -0.2) is 35.0 Å². The Bertz CT molecular complexity index is 809. The van der Waals surface area contributed by atoms with Gasteiger partial charge in [0.2, 0.25) is 0 Å². The number of Topliss-reactive ketones (excluding diaryl/α,β-unsaturated/α-hetero) is 1. The Morgan fingerprint density at radius 1 is 1.38 bits per heavy atom. The third kappa shape index (κ3) is 3.07. The van der Waals surface area contributed by atoms with Crippen LogP contribution in [0, 0.1) is 12.8 Å². The molecule has 2 atom stereocenters. The summed E-state index contributed by atoms with van der Waals surface area (Å²) in [6, 6.07) is 0. The average molecular weight is 357 g/mol. The monoisotopic (exact) mass is 357 g/mol. The molecule has 7 nitrogen and oxygen atoms in total. The first-order chi connectivity index (χ1) is 12.6. The van der Waals surface area contributed by atoms with E-state index >= 15 is 0 Å². The van der Waals surface area contributed by atoms with E-state index in [9.17, 15) is 9.59 Å². The molecule has 138 valence electrons.